The number of urea groups is 1. The maximum Gasteiger partial charge on any atom is 0.328 e. The quantitative estimate of drug-likeness (QED) is 0.268. The van der Waals surface area contributed by atoms with Gasteiger partial charge < -0.3 is 14.8 Å². The Morgan fingerprint density at radius 1 is 0.973 bits per heavy atom. The number of halogens is 2. The highest BCUT2D eigenvalue weighted by atomic mass is 35.5. The normalized spacial score (nSPS) is 16.4. The molecule has 8 nitrogen and oxygen atoms in total. The summed E-state index contributed by atoms with van der Waals surface area (Å²) in [6, 6.07) is 10.6. The second kappa shape index (κ2) is 10.0. The Balaban J connectivity index is 1.84. The standard InChI is InChI=1S/C27H26Cl2N4O4/c1-14-11-21(20(29)13-19(14)28)30-25(35)23(33-26(36)16(3)32(5)27(33)37)24(34)18-12-15(2)31(4)22(18)17-9-7-6-8-10-17/h6-13,16,23H,1-5H3,(H,30,35). The maximum absolute atomic E-state index is 14.1. The molecule has 1 aromatic heterocycles. The summed E-state index contributed by atoms with van der Waals surface area (Å²) in [5.74, 6) is -2.20. The van der Waals surface area contributed by atoms with Crippen molar-refractivity contribution in [3.8, 4) is 11.3 Å². The van der Waals surface area contributed by atoms with Gasteiger partial charge in [0.25, 0.3) is 11.8 Å². The summed E-state index contributed by atoms with van der Waals surface area (Å²) in [5, 5.41) is 3.19. The molecule has 3 aromatic rings. The van der Waals surface area contributed by atoms with E-state index in [1.807, 2.05) is 48.9 Å². The third-order valence-corrected chi connectivity index (χ3v) is 7.45. The lowest BCUT2D eigenvalue weighted by Crippen LogP contribution is -2.52. The lowest BCUT2D eigenvalue weighted by atomic mass is 9.98. The average molecular weight is 541 g/mol. The first-order valence-corrected chi connectivity index (χ1v) is 12.3. The molecule has 0 aliphatic carbocycles. The van der Waals surface area contributed by atoms with Crippen molar-refractivity contribution < 1.29 is 19.2 Å². The number of hydrogen-bond donors (Lipinski definition) is 1. The zero-order valence-electron chi connectivity index (χ0n) is 21.0. The number of anilines is 1. The highest BCUT2D eigenvalue weighted by Gasteiger charge is 2.50. The Kier molecular flexibility index (Phi) is 7.17. The van der Waals surface area contributed by atoms with Crippen molar-refractivity contribution in [1.82, 2.24) is 14.4 Å². The molecule has 2 heterocycles. The zero-order chi connectivity index (χ0) is 27.2. The summed E-state index contributed by atoms with van der Waals surface area (Å²) >= 11 is 12.4. The molecular formula is C27H26Cl2N4O4. The maximum atomic E-state index is 14.1. The number of amides is 4. The summed E-state index contributed by atoms with van der Waals surface area (Å²) in [6.07, 6.45) is 0. The number of ketones is 1. The van der Waals surface area contributed by atoms with E-state index in [2.05, 4.69) is 5.32 Å². The van der Waals surface area contributed by atoms with Crippen LogP contribution in [0.15, 0.2) is 48.5 Å². The van der Waals surface area contributed by atoms with E-state index in [1.165, 1.54) is 18.0 Å². The van der Waals surface area contributed by atoms with Crippen LogP contribution in [-0.4, -0.2) is 57.1 Å². The molecule has 1 fully saturated rings. The van der Waals surface area contributed by atoms with Crippen molar-refractivity contribution in [3.05, 3.63) is 75.4 Å². The molecule has 0 bridgehead atoms. The third kappa shape index (κ3) is 4.63. The van der Waals surface area contributed by atoms with E-state index in [0.717, 1.165) is 16.2 Å². The fraction of sp³-hybridized carbons (Fsp3) is 0.259. The molecule has 37 heavy (non-hydrogen) atoms. The number of likely N-dealkylation sites (N-methyl/N-ethyl adjacent to an activating group) is 1. The van der Waals surface area contributed by atoms with Crippen LogP contribution < -0.4 is 5.32 Å². The van der Waals surface area contributed by atoms with Gasteiger partial charge in [-0.05, 0) is 50.1 Å². The molecule has 1 aliphatic rings. The van der Waals surface area contributed by atoms with Crippen molar-refractivity contribution in [2.75, 3.05) is 12.4 Å². The smallest absolute Gasteiger partial charge is 0.328 e. The minimum absolute atomic E-state index is 0.153. The van der Waals surface area contributed by atoms with Gasteiger partial charge in [-0.3, -0.25) is 14.4 Å². The molecule has 4 rings (SSSR count). The Morgan fingerprint density at radius 3 is 2.22 bits per heavy atom. The number of nitrogens with one attached hydrogen (secondary N) is 1. The number of imide groups is 1. The number of rotatable bonds is 6. The van der Waals surface area contributed by atoms with Crippen LogP contribution in [-0.2, 0) is 16.6 Å². The molecule has 2 atom stereocenters. The van der Waals surface area contributed by atoms with E-state index in [4.69, 9.17) is 23.2 Å². The lowest BCUT2D eigenvalue weighted by Gasteiger charge is -2.24. The summed E-state index contributed by atoms with van der Waals surface area (Å²) in [5.41, 5.74) is 3.16. The monoisotopic (exact) mass is 540 g/mol. The first-order valence-electron chi connectivity index (χ1n) is 11.6. The summed E-state index contributed by atoms with van der Waals surface area (Å²) < 4.78 is 1.83. The minimum Gasteiger partial charge on any atom is -0.347 e. The van der Waals surface area contributed by atoms with Gasteiger partial charge in [-0.1, -0.05) is 53.5 Å². The van der Waals surface area contributed by atoms with E-state index in [0.29, 0.717) is 16.3 Å². The van der Waals surface area contributed by atoms with Gasteiger partial charge in [0.05, 0.1) is 16.4 Å². The highest BCUT2D eigenvalue weighted by molar-refractivity contribution is 6.37. The molecular weight excluding hydrogens is 515 g/mol. The molecule has 1 aliphatic heterocycles. The zero-order valence-corrected chi connectivity index (χ0v) is 22.5. The van der Waals surface area contributed by atoms with Crippen molar-refractivity contribution in [2.24, 2.45) is 7.05 Å². The van der Waals surface area contributed by atoms with Gasteiger partial charge in [0.2, 0.25) is 0 Å². The predicted molar refractivity (Wildman–Crippen MR) is 143 cm³/mol. The fourth-order valence-electron chi connectivity index (χ4n) is 4.35. The second-order valence-corrected chi connectivity index (χ2v) is 9.90. The summed E-state index contributed by atoms with van der Waals surface area (Å²) in [6.45, 7) is 5.11. The van der Waals surface area contributed by atoms with Crippen molar-refractivity contribution in [1.29, 1.82) is 0 Å². The second-order valence-electron chi connectivity index (χ2n) is 9.09. The number of carbonyl (C=O) groups excluding carboxylic acids is 4. The fourth-order valence-corrected chi connectivity index (χ4v) is 4.78. The SMILES string of the molecule is Cc1cc(NC(=O)C(C(=O)c2cc(C)n(C)c2-c2ccccc2)N2C(=O)C(C)N(C)C2=O)c(Cl)cc1Cl. The van der Waals surface area contributed by atoms with Crippen LogP contribution in [0.5, 0.6) is 0 Å². The van der Waals surface area contributed by atoms with Crippen LogP contribution in [0.4, 0.5) is 10.5 Å². The molecule has 10 heteroatoms. The Bertz CT molecular complexity index is 1410. The Morgan fingerprint density at radius 2 is 1.62 bits per heavy atom. The molecule has 0 radical (unpaired) electrons. The number of hydrogen-bond acceptors (Lipinski definition) is 4. The van der Waals surface area contributed by atoms with Crippen molar-refractivity contribution in [2.45, 2.75) is 32.9 Å². The van der Waals surface area contributed by atoms with Gasteiger partial charge >= 0.3 is 6.03 Å². The van der Waals surface area contributed by atoms with Crippen molar-refractivity contribution >= 4 is 52.5 Å². The van der Waals surface area contributed by atoms with Gasteiger partial charge in [-0.15, -0.1) is 0 Å². The third-order valence-electron chi connectivity index (χ3n) is 6.73. The topological polar surface area (TPSA) is 91.7 Å². The van der Waals surface area contributed by atoms with Gasteiger partial charge in [0.1, 0.15) is 6.04 Å². The van der Waals surface area contributed by atoms with Gasteiger partial charge in [-0.2, -0.15) is 0 Å². The largest absolute Gasteiger partial charge is 0.347 e. The highest BCUT2D eigenvalue weighted by Crippen LogP contribution is 2.32. The molecule has 0 spiro atoms. The molecule has 0 saturated carbocycles. The van der Waals surface area contributed by atoms with Crippen LogP contribution in [0, 0.1) is 13.8 Å². The predicted octanol–water partition coefficient (Wildman–Crippen LogP) is 5.09. The van der Waals surface area contributed by atoms with Crippen LogP contribution in [0.2, 0.25) is 10.0 Å². The van der Waals surface area contributed by atoms with Gasteiger partial charge in [0.15, 0.2) is 11.8 Å². The van der Waals surface area contributed by atoms with E-state index in [9.17, 15) is 19.2 Å². The number of aryl methyl sites for hydroxylation is 2. The summed E-state index contributed by atoms with van der Waals surface area (Å²) in [7, 11) is 3.26. The first kappa shape index (κ1) is 26.4. The molecule has 4 amide bonds. The number of nitrogens with zero attached hydrogens (tertiary/aromatic N) is 3. The van der Waals surface area contributed by atoms with E-state index < -0.39 is 35.7 Å². The van der Waals surface area contributed by atoms with Crippen LogP contribution in [0.3, 0.4) is 0 Å². The Hall–Kier alpha value is -3.62. The number of aromatic nitrogens is 1. The van der Waals surface area contributed by atoms with Crippen LogP contribution in [0.1, 0.15) is 28.5 Å². The summed E-state index contributed by atoms with van der Waals surface area (Å²) in [4.78, 5) is 56.0. The van der Waals surface area contributed by atoms with E-state index >= 15 is 0 Å². The lowest BCUT2D eigenvalue weighted by molar-refractivity contribution is -0.132. The first-order chi connectivity index (χ1) is 17.4. The van der Waals surface area contributed by atoms with Crippen molar-refractivity contribution in [3.63, 3.8) is 0 Å². The molecule has 192 valence electrons. The number of benzene rings is 2. The van der Waals surface area contributed by atoms with Gasteiger partial charge in [-0.25, -0.2) is 9.69 Å². The molecule has 1 N–H and O–H groups in total. The average Bonchev–Trinajstić information content (AvgIpc) is 3.26. The minimum atomic E-state index is -1.76. The van der Waals surface area contributed by atoms with Gasteiger partial charge in [0, 0.05) is 30.4 Å². The van der Waals surface area contributed by atoms with Crippen LogP contribution in [0.25, 0.3) is 11.3 Å². The van der Waals surface area contributed by atoms with E-state index in [-0.39, 0.29) is 16.3 Å². The molecule has 1 saturated heterocycles. The Labute approximate surface area is 224 Å². The van der Waals surface area contributed by atoms with Crippen LogP contribution >= 0.6 is 23.2 Å². The number of Topliss-reactive ketones (excluding diaryl/α,β-unsaturated/α-hetero) is 1. The molecule has 2 unspecified atom stereocenters. The number of carbonyl (C=O) groups is 4. The molecule has 2 aromatic carbocycles. The van der Waals surface area contributed by atoms with E-state index in [1.54, 1.807) is 26.0 Å².